The molecule has 0 bridgehead atoms. The summed E-state index contributed by atoms with van der Waals surface area (Å²) in [6.45, 7) is 0. The monoisotopic (exact) mass is 225 g/mol. The van der Waals surface area contributed by atoms with Crippen LogP contribution in [0.5, 0.6) is 5.75 Å². The van der Waals surface area contributed by atoms with Gasteiger partial charge < -0.3 is 9.26 Å². The van der Waals surface area contributed by atoms with Gasteiger partial charge in [0.05, 0.1) is 7.11 Å². The van der Waals surface area contributed by atoms with Crippen LogP contribution in [0.2, 0.25) is 0 Å². The molecule has 0 aliphatic carbocycles. The molecule has 0 radical (unpaired) electrons. The molecule has 1 aromatic heterocycles. The number of para-hydroxylation sites is 1. The Morgan fingerprint density at radius 1 is 1.06 bits per heavy atom. The molecule has 0 aliphatic heterocycles. The van der Waals surface area contributed by atoms with Gasteiger partial charge in [-0.3, -0.25) is 0 Å². The summed E-state index contributed by atoms with van der Waals surface area (Å²) in [6.07, 6.45) is 0. The van der Waals surface area contributed by atoms with E-state index in [1.165, 1.54) is 0 Å². The maximum Gasteiger partial charge on any atom is 0.167 e. The first kappa shape index (κ1) is 9.90. The number of hydrogen-bond acceptors (Lipinski definition) is 3. The van der Waals surface area contributed by atoms with Crippen LogP contribution in [0.3, 0.4) is 0 Å². The van der Waals surface area contributed by atoms with E-state index in [2.05, 4.69) is 5.16 Å². The highest BCUT2D eigenvalue weighted by atomic mass is 16.5. The molecule has 2 aromatic carbocycles. The van der Waals surface area contributed by atoms with Crippen molar-refractivity contribution in [1.29, 1.82) is 0 Å². The molecule has 1 heterocycles. The third-order valence-electron chi connectivity index (χ3n) is 2.72. The molecule has 0 aliphatic rings. The van der Waals surface area contributed by atoms with E-state index in [1.54, 1.807) is 7.11 Å². The highest BCUT2D eigenvalue weighted by Crippen LogP contribution is 2.29. The quantitative estimate of drug-likeness (QED) is 0.669. The minimum absolute atomic E-state index is 0.797. The van der Waals surface area contributed by atoms with Crippen molar-refractivity contribution >= 4 is 11.0 Å². The zero-order valence-corrected chi connectivity index (χ0v) is 9.38. The fraction of sp³-hybridized carbons (Fsp3) is 0.0714. The predicted octanol–water partition coefficient (Wildman–Crippen LogP) is 3.50. The molecule has 3 nitrogen and oxygen atoms in total. The fourth-order valence-corrected chi connectivity index (χ4v) is 1.86. The molecule has 0 amide bonds. The van der Waals surface area contributed by atoms with Crippen molar-refractivity contribution in [2.24, 2.45) is 0 Å². The molecular weight excluding hydrogens is 214 g/mol. The van der Waals surface area contributed by atoms with Crippen molar-refractivity contribution < 1.29 is 9.26 Å². The van der Waals surface area contributed by atoms with Crippen LogP contribution in [-0.4, -0.2) is 12.3 Å². The van der Waals surface area contributed by atoms with E-state index in [1.807, 2.05) is 48.5 Å². The molecule has 0 spiro atoms. The van der Waals surface area contributed by atoms with E-state index in [4.69, 9.17) is 9.26 Å². The molecule has 0 fully saturated rings. The van der Waals surface area contributed by atoms with Crippen LogP contribution >= 0.6 is 0 Å². The molecule has 17 heavy (non-hydrogen) atoms. The Hall–Kier alpha value is -2.29. The lowest BCUT2D eigenvalue weighted by Gasteiger charge is -2.01. The van der Waals surface area contributed by atoms with Crippen LogP contribution in [-0.2, 0) is 0 Å². The Kier molecular flexibility index (Phi) is 2.29. The van der Waals surface area contributed by atoms with E-state index in [0.29, 0.717) is 0 Å². The van der Waals surface area contributed by atoms with Gasteiger partial charge in [-0.25, -0.2) is 0 Å². The summed E-state index contributed by atoms with van der Waals surface area (Å²) in [4.78, 5) is 0. The van der Waals surface area contributed by atoms with Crippen molar-refractivity contribution in [2.45, 2.75) is 0 Å². The van der Waals surface area contributed by atoms with Crippen LogP contribution < -0.4 is 4.74 Å². The van der Waals surface area contributed by atoms with Gasteiger partial charge in [0.15, 0.2) is 5.58 Å². The number of aromatic nitrogens is 1. The lowest BCUT2D eigenvalue weighted by molar-refractivity contribution is 0.415. The summed E-state index contributed by atoms with van der Waals surface area (Å²) < 4.78 is 10.5. The van der Waals surface area contributed by atoms with Crippen molar-refractivity contribution in [2.75, 3.05) is 7.11 Å². The molecule has 0 atom stereocenters. The fourth-order valence-electron chi connectivity index (χ4n) is 1.86. The van der Waals surface area contributed by atoms with Gasteiger partial charge in [-0.05, 0) is 24.3 Å². The highest BCUT2D eigenvalue weighted by Gasteiger charge is 2.09. The normalized spacial score (nSPS) is 10.6. The molecule has 0 N–H and O–H groups in total. The molecule has 3 heteroatoms. The Bertz CT molecular complexity index is 658. The van der Waals surface area contributed by atoms with Crippen LogP contribution in [0, 0.1) is 0 Å². The minimum Gasteiger partial charge on any atom is -0.497 e. The van der Waals surface area contributed by atoms with Gasteiger partial charge in [-0.15, -0.1) is 0 Å². The molecule has 0 unspecified atom stereocenters. The largest absolute Gasteiger partial charge is 0.497 e. The second-order valence-corrected chi connectivity index (χ2v) is 3.76. The third-order valence-corrected chi connectivity index (χ3v) is 2.72. The van der Waals surface area contributed by atoms with E-state index < -0.39 is 0 Å². The van der Waals surface area contributed by atoms with Gasteiger partial charge >= 0.3 is 0 Å². The second-order valence-electron chi connectivity index (χ2n) is 3.76. The average molecular weight is 225 g/mol. The summed E-state index contributed by atoms with van der Waals surface area (Å²) in [5.74, 6) is 0.814. The van der Waals surface area contributed by atoms with Gasteiger partial charge in [0, 0.05) is 10.9 Å². The van der Waals surface area contributed by atoms with E-state index in [-0.39, 0.29) is 0 Å². The molecule has 3 rings (SSSR count). The van der Waals surface area contributed by atoms with Gasteiger partial charge in [-0.2, -0.15) is 0 Å². The molecule has 3 aromatic rings. The Balaban J connectivity index is 2.20. The van der Waals surface area contributed by atoms with Gasteiger partial charge in [-0.1, -0.05) is 29.4 Å². The molecule has 84 valence electrons. The van der Waals surface area contributed by atoms with Gasteiger partial charge in [0.1, 0.15) is 11.4 Å². The second kappa shape index (κ2) is 3.94. The Morgan fingerprint density at radius 3 is 2.82 bits per heavy atom. The van der Waals surface area contributed by atoms with Crippen molar-refractivity contribution in [1.82, 2.24) is 5.16 Å². The van der Waals surface area contributed by atoms with Crippen LogP contribution in [0.1, 0.15) is 0 Å². The highest BCUT2D eigenvalue weighted by molar-refractivity contribution is 5.91. The summed E-state index contributed by atoms with van der Waals surface area (Å²) in [5, 5.41) is 5.12. The minimum atomic E-state index is 0.797. The van der Waals surface area contributed by atoms with Crippen molar-refractivity contribution in [3.05, 3.63) is 48.5 Å². The Morgan fingerprint density at radius 2 is 1.94 bits per heavy atom. The smallest absolute Gasteiger partial charge is 0.167 e. The number of fused-ring (bicyclic) bond motifs is 1. The lowest BCUT2D eigenvalue weighted by atomic mass is 10.1. The van der Waals surface area contributed by atoms with Gasteiger partial charge in [0.25, 0.3) is 0 Å². The zero-order chi connectivity index (χ0) is 11.7. The topological polar surface area (TPSA) is 35.3 Å². The first-order valence-corrected chi connectivity index (χ1v) is 5.37. The lowest BCUT2D eigenvalue weighted by Crippen LogP contribution is -1.84. The zero-order valence-electron chi connectivity index (χ0n) is 9.38. The number of hydrogen-bond donors (Lipinski definition) is 0. The van der Waals surface area contributed by atoms with Crippen LogP contribution in [0.25, 0.3) is 22.2 Å². The average Bonchev–Trinajstić information content (AvgIpc) is 2.82. The molecule has 0 saturated heterocycles. The number of methoxy groups -OCH3 is 1. The van der Waals surface area contributed by atoms with E-state index >= 15 is 0 Å². The number of benzene rings is 2. The van der Waals surface area contributed by atoms with Gasteiger partial charge in [0.2, 0.25) is 0 Å². The number of rotatable bonds is 2. The standard InChI is InChI=1S/C14H11NO2/c1-16-11-6-4-5-10(9-11)14-12-7-2-3-8-13(12)17-15-14/h2-9H,1H3. The Labute approximate surface area is 98.6 Å². The van der Waals surface area contributed by atoms with Crippen LogP contribution in [0.4, 0.5) is 0 Å². The maximum atomic E-state index is 5.29. The maximum absolute atomic E-state index is 5.29. The SMILES string of the molecule is COc1cccc(-c2noc3ccccc23)c1. The van der Waals surface area contributed by atoms with E-state index in [9.17, 15) is 0 Å². The summed E-state index contributed by atoms with van der Waals surface area (Å²) >= 11 is 0. The van der Waals surface area contributed by atoms with Crippen molar-refractivity contribution in [3.8, 4) is 17.0 Å². The molecular formula is C14H11NO2. The predicted molar refractivity (Wildman–Crippen MR) is 66.0 cm³/mol. The van der Waals surface area contributed by atoms with E-state index in [0.717, 1.165) is 28.0 Å². The first-order chi connectivity index (χ1) is 8.38. The molecule has 0 saturated carbocycles. The summed E-state index contributed by atoms with van der Waals surface area (Å²) in [5.41, 5.74) is 2.64. The number of ether oxygens (including phenoxy) is 1. The van der Waals surface area contributed by atoms with Crippen molar-refractivity contribution in [3.63, 3.8) is 0 Å². The first-order valence-electron chi connectivity index (χ1n) is 5.37. The summed E-state index contributed by atoms with van der Waals surface area (Å²) in [7, 11) is 1.65. The number of nitrogens with zero attached hydrogens (tertiary/aromatic N) is 1. The third kappa shape index (κ3) is 1.65. The van der Waals surface area contributed by atoms with Crippen LogP contribution in [0.15, 0.2) is 53.1 Å². The summed E-state index contributed by atoms with van der Waals surface area (Å²) in [6, 6.07) is 15.6.